The minimum atomic E-state index is 0.218. The standard InChI is InChI=1S/C16H21N3/c1-12-6-2-3-7-13(12)16(10-17)19-11-18-14-8-4-5-9-15(14)19/h2-3,6-7,11,16H,4-5,8-10,17H2,1H3. The molecule has 1 atom stereocenters. The number of nitrogens with two attached hydrogens (primary N) is 1. The maximum absolute atomic E-state index is 6.05. The van der Waals surface area contributed by atoms with Crippen LogP contribution in [0.3, 0.4) is 0 Å². The Morgan fingerprint density at radius 2 is 2.05 bits per heavy atom. The van der Waals surface area contributed by atoms with Crippen molar-refractivity contribution in [2.45, 2.75) is 38.6 Å². The highest BCUT2D eigenvalue weighted by molar-refractivity contribution is 5.31. The van der Waals surface area contributed by atoms with E-state index in [2.05, 4.69) is 40.7 Å². The van der Waals surface area contributed by atoms with Crippen molar-refractivity contribution in [1.29, 1.82) is 0 Å². The van der Waals surface area contributed by atoms with Gasteiger partial charge in [0, 0.05) is 12.2 Å². The maximum Gasteiger partial charge on any atom is 0.0957 e. The second kappa shape index (κ2) is 5.17. The molecule has 0 bridgehead atoms. The third kappa shape index (κ3) is 2.19. The van der Waals surface area contributed by atoms with Crippen molar-refractivity contribution in [1.82, 2.24) is 9.55 Å². The Balaban J connectivity index is 2.04. The van der Waals surface area contributed by atoms with E-state index in [9.17, 15) is 0 Å². The number of hydrogen-bond donors (Lipinski definition) is 1. The zero-order valence-corrected chi connectivity index (χ0v) is 11.5. The topological polar surface area (TPSA) is 43.8 Å². The van der Waals surface area contributed by atoms with E-state index >= 15 is 0 Å². The van der Waals surface area contributed by atoms with Crippen LogP contribution >= 0.6 is 0 Å². The summed E-state index contributed by atoms with van der Waals surface area (Å²) in [5, 5.41) is 0. The number of fused-ring (bicyclic) bond motifs is 1. The van der Waals surface area contributed by atoms with Crippen LogP contribution in [0.25, 0.3) is 0 Å². The van der Waals surface area contributed by atoms with Gasteiger partial charge in [-0.3, -0.25) is 0 Å². The number of aryl methyl sites for hydroxylation is 2. The zero-order chi connectivity index (χ0) is 13.2. The largest absolute Gasteiger partial charge is 0.328 e. The third-order valence-corrected chi connectivity index (χ3v) is 4.17. The molecule has 1 aliphatic carbocycles. The summed E-state index contributed by atoms with van der Waals surface area (Å²) in [5.41, 5.74) is 11.3. The molecule has 1 unspecified atom stereocenters. The first-order valence-electron chi connectivity index (χ1n) is 7.11. The van der Waals surface area contributed by atoms with Crippen molar-refractivity contribution in [3.8, 4) is 0 Å². The van der Waals surface area contributed by atoms with E-state index in [4.69, 9.17) is 5.73 Å². The predicted molar refractivity (Wildman–Crippen MR) is 77.2 cm³/mol. The molecule has 0 fully saturated rings. The lowest BCUT2D eigenvalue weighted by molar-refractivity contribution is 0.545. The van der Waals surface area contributed by atoms with Crippen molar-refractivity contribution in [3.05, 3.63) is 53.1 Å². The van der Waals surface area contributed by atoms with Gasteiger partial charge < -0.3 is 10.3 Å². The molecule has 0 saturated carbocycles. The van der Waals surface area contributed by atoms with Crippen LogP contribution in [0.15, 0.2) is 30.6 Å². The lowest BCUT2D eigenvalue weighted by atomic mass is 9.98. The van der Waals surface area contributed by atoms with Gasteiger partial charge in [0.25, 0.3) is 0 Å². The minimum Gasteiger partial charge on any atom is -0.328 e. The molecule has 3 heteroatoms. The summed E-state index contributed by atoms with van der Waals surface area (Å²) in [5.74, 6) is 0. The smallest absolute Gasteiger partial charge is 0.0957 e. The van der Waals surface area contributed by atoms with Crippen molar-refractivity contribution in [2.75, 3.05) is 6.54 Å². The summed E-state index contributed by atoms with van der Waals surface area (Å²) in [6.07, 6.45) is 6.77. The van der Waals surface area contributed by atoms with Crippen LogP contribution in [-0.4, -0.2) is 16.1 Å². The molecule has 2 aromatic rings. The molecule has 19 heavy (non-hydrogen) atoms. The molecule has 1 aliphatic rings. The van der Waals surface area contributed by atoms with Crippen LogP contribution in [0.5, 0.6) is 0 Å². The summed E-state index contributed by atoms with van der Waals surface area (Å²) >= 11 is 0. The second-order valence-corrected chi connectivity index (χ2v) is 5.36. The summed E-state index contributed by atoms with van der Waals surface area (Å²) < 4.78 is 2.30. The molecular weight excluding hydrogens is 234 g/mol. The number of aromatic nitrogens is 2. The molecule has 0 aliphatic heterocycles. The lowest BCUT2D eigenvalue weighted by Gasteiger charge is -2.23. The Kier molecular flexibility index (Phi) is 3.38. The quantitative estimate of drug-likeness (QED) is 0.916. The van der Waals surface area contributed by atoms with Crippen LogP contribution < -0.4 is 5.73 Å². The zero-order valence-electron chi connectivity index (χ0n) is 11.5. The van der Waals surface area contributed by atoms with E-state index in [1.54, 1.807) is 0 Å². The van der Waals surface area contributed by atoms with Crippen LogP contribution in [-0.2, 0) is 12.8 Å². The van der Waals surface area contributed by atoms with Gasteiger partial charge >= 0.3 is 0 Å². The van der Waals surface area contributed by atoms with Gasteiger partial charge in [0.15, 0.2) is 0 Å². The van der Waals surface area contributed by atoms with Crippen molar-refractivity contribution in [2.24, 2.45) is 5.73 Å². The Labute approximate surface area is 114 Å². The van der Waals surface area contributed by atoms with E-state index in [0.29, 0.717) is 6.54 Å². The van der Waals surface area contributed by atoms with Gasteiger partial charge in [-0.15, -0.1) is 0 Å². The van der Waals surface area contributed by atoms with Gasteiger partial charge in [0.05, 0.1) is 18.1 Å². The van der Waals surface area contributed by atoms with Crippen molar-refractivity contribution < 1.29 is 0 Å². The van der Waals surface area contributed by atoms with Crippen molar-refractivity contribution in [3.63, 3.8) is 0 Å². The first kappa shape index (κ1) is 12.4. The van der Waals surface area contributed by atoms with Crippen LogP contribution in [0.1, 0.15) is 41.4 Å². The van der Waals surface area contributed by atoms with E-state index in [0.717, 1.165) is 12.8 Å². The lowest BCUT2D eigenvalue weighted by Crippen LogP contribution is -2.23. The number of benzene rings is 1. The predicted octanol–water partition coefficient (Wildman–Crippen LogP) is 2.62. The van der Waals surface area contributed by atoms with Crippen LogP contribution in [0.2, 0.25) is 0 Å². The summed E-state index contributed by atoms with van der Waals surface area (Å²) in [6, 6.07) is 8.73. The minimum absolute atomic E-state index is 0.218. The molecule has 0 amide bonds. The second-order valence-electron chi connectivity index (χ2n) is 5.36. The number of rotatable bonds is 3. The Morgan fingerprint density at radius 3 is 2.84 bits per heavy atom. The Hall–Kier alpha value is -1.61. The van der Waals surface area contributed by atoms with Gasteiger partial charge in [0.1, 0.15) is 0 Å². The van der Waals surface area contributed by atoms with Crippen LogP contribution in [0, 0.1) is 6.92 Å². The third-order valence-electron chi connectivity index (χ3n) is 4.17. The molecule has 3 nitrogen and oxygen atoms in total. The molecule has 0 radical (unpaired) electrons. The molecule has 0 saturated heterocycles. The summed E-state index contributed by atoms with van der Waals surface area (Å²) in [6.45, 7) is 2.77. The summed E-state index contributed by atoms with van der Waals surface area (Å²) in [4.78, 5) is 4.59. The van der Waals surface area contributed by atoms with Crippen molar-refractivity contribution >= 4 is 0 Å². The fraction of sp³-hybridized carbons (Fsp3) is 0.438. The number of imidazole rings is 1. The highest BCUT2D eigenvalue weighted by atomic mass is 15.1. The fourth-order valence-electron chi connectivity index (χ4n) is 3.11. The fourth-order valence-corrected chi connectivity index (χ4v) is 3.11. The highest BCUT2D eigenvalue weighted by Crippen LogP contribution is 2.27. The van der Waals surface area contributed by atoms with Gasteiger partial charge in [-0.05, 0) is 43.7 Å². The van der Waals surface area contributed by atoms with E-state index in [1.165, 1.54) is 35.4 Å². The van der Waals surface area contributed by atoms with Gasteiger partial charge in [0.2, 0.25) is 0 Å². The normalized spacial score (nSPS) is 16.1. The summed E-state index contributed by atoms with van der Waals surface area (Å²) in [7, 11) is 0. The average molecular weight is 255 g/mol. The molecule has 100 valence electrons. The molecule has 2 N–H and O–H groups in total. The van der Waals surface area contributed by atoms with E-state index < -0.39 is 0 Å². The maximum atomic E-state index is 6.05. The van der Waals surface area contributed by atoms with Gasteiger partial charge in [-0.25, -0.2) is 4.98 Å². The van der Waals surface area contributed by atoms with E-state index in [1.807, 2.05) is 6.33 Å². The number of nitrogens with zero attached hydrogens (tertiary/aromatic N) is 2. The molecule has 1 aromatic heterocycles. The van der Waals surface area contributed by atoms with E-state index in [-0.39, 0.29) is 6.04 Å². The average Bonchev–Trinajstić information content (AvgIpc) is 2.86. The Morgan fingerprint density at radius 1 is 1.26 bits per heavy atom. The molecule has 0 spiro atoms. The molecule has 1 aromatic carbocycles. The SMILES string of the molecule is Cc1ccccc1C(CN)n1cnc2c1CCCC2. The first-order valence-corrected chi connectivity index (χ1v) is 7.11. The highest BCUT2D eigenvalue weighted by Gasteiger charge is 2.21. The number of hydrogen-bond acceptors (Lipinski definition) is 2. The molecule has 1 heterocycles. The first-order chi connectivity index (χ1) is 9.31. The molecule has 3 rings (SSSR count). The van der Waals surface area contributed by atoms with Crippen LogP contribution in [0.4, 0.5) is 0 Å². The monoisotopic (exact) mass is 255 g/mol. The van der Waals surface area contributed by atoms with Gasteiger partial charge in [-0.1, -0.05) is 24.3 Å². The Bertz CT molecular complexity index is 571. The van der Waals surface area contributed by atoms with Gasteiger partial charge in [-0.2, -0.15) is 0 Å². The molecular formula is C16H21N3.